The third-order valence-corrected chi connectivity index (χ3v) is 4.08. The summed E-state index contributed by atoms with van der Waals surface area (Å²) in [7, 11) is 4.72. The number of esters is 1. The molecule has 1 fully saturated rings. The first-order valence-electron chi connectivity index (χ1n) is 7.15. The van der Waals surface area contributed by atoms with Crippen molar-refractivity contribution in [2.75, 3.05) is 21.3 Å². The topological polar surface area (TPSA) is 74.2 Å². The van der Waals surface area contributed by atoms with Gasteiger partial charge in [0.2, 0.25) is 0 Å². The van der Waals surface area contributed by atoms with E-state index in [-0.39, 0.29) is 17.4 Å². The Morgan fingerprint density at radius 1 is 1.14 bits per heavy atom. The molecule has 0 heterocycles. The van der Waals surface area contributed by atoms with Crippen LogP contribution in [0.25, 0.3) is 0 Å². The van der Waals surface area contributed by atoms with Gasteiger partial charge in [-0.1, -0.05) is 12.1 Å². The van der Waals surface area contributed by atoms with Gasteiger partial charge in [-0.2, -0.15) is 0 Å². The number of hydrogen-bond donors (Lipinski definition) is 1. The molecular formula is C16H22O6. The Balaban J connectivity index is 2.11. The molecule has 1 aromatic carbocycles. The summed E-state index contributed by atoms with van der Waals surface area (Å²) >= 11 is 0. The molecule has 1 aromatic rings. The van der Waals surface area contributed by atoms with E-state index in [9.17, 15) is 9.90 Å². The predicted octanol–water partition coefficient (Wildman–Crippen LogP) is 2.11. The van der Waals surface area contributed by atoms with E-state index in [1.54, 1.807) is 33.5 Å². The van der Waals surface area contributed by atoms with Gasteiger partial charge in [0.15, 0.2) is 5.79 Å². The van der Waals surface area contributed by atoms with Gasteiger partial charge in [0, 0.05) is 40.6 Å². The van der Waals surface area contributed by atoms with Crippen LogP contribution < -0.4 is 0 Å². The number of carbonyl (C=O) groups is 1. The first kappa shape index (κ1) is 16.7. The fourth-order valence-corrected chi connectivity index (χ4v) is 2.78. The number of ether oxygens (including phenoxy) is 4. The summed E-state index contributed by atoms with van der Waals surface area (Å²) in [6.07, 6.45) is 1.01. The van der Waals surface area contributed by atoms with E-state index >= 15 is 0 Å². The van der Waals surface area contributed by atoms with Crippen molar-refractivity contribution in [2.24, 2.45) is 0 Å². The first-order valence-corrected chi connectivity index (χ1v) is 7.15. The van der Waals surface area contributed by atoms with Crippen molar-refractivity contribution in [2.45, 2.75) is 37.3 Å². The van der Waals surface area contributed by atoms with Crippen LogP contribution in [-0.2, 0) is 18.9 Å². The van der Waals surface area contributed by atoms with Crippen molar-refractivity contribution in [3.63, 3.8) is 0 Å². The molecule has 2 atom stereocenters. The minimum absolute atomic E-state index is 0.101. The van der Waals surface area contributed by atoms with E-state index in [1.165, 1.54) is 12.1 Å². The van der Waals surface area contributed by atoms with Crippen LogP contribution in [0.5, 0.6) is 5.75 Å². The second-order valence-electron chi connectivity index (χ2n) is 5.37. The number of methoxy groups -OCH3 is 3. The molecule has 1 N–H and O–H groups in total. The third kappa shape index (κ3) is 3.58. The Morgan fingerprint density at radius 2 is 1.77 bits per heavy atom. The Bertz CT molecular complexity index is 511. The van der Waals surface area contributed by atoms with Crippen molar-refractivity contribution in [1.82, 2.24) is 0 Å². The number of carbonyl (C=O) groups excluding carboxylic acids is 1. The van der Waals surface area contributed by atoms with Crippen molar-refractivity contribution in [3.8, 4) is 5.75 Å². The average molecular weight is 310 g/mol. The fraction of sp³-hybridized carbons (Fsp3) is 0.562. The van der Waals surface area contributed by atoms with Gasteiger partial charge in [-0.15, -0.1) is 0 Å². The maximum atomic E-state index is 12.2. The maximum Gasteiger partial charge on any atom is 0.342 e. The van der Waals surface area contributed by atoms with Crippen LogP contribution in [0.15, 0.2) is 24.3 Å². The zero-order valence-electron chi connectivity index (χ0n) is 13.1. The van der Waals surface area contributed by atoms with E-state index in [4.69, 9.17) is 18.9 Å². The number of para-hydroxylation sites is 1. The zero-order valence-corrected chi connectivity index (χ0v) is 13.1. The second-order valence-corrected chi connectivity index (χ2v) is 5.37. The largest absolute Gasteiger partial charge is 0.507 e. The standard InChI is InChI=1S/C16H22O6/c1-19-11-8-12(10-16(9-11,20-2)21-3)22-15(18)13-6-4-5-7-14(13)17/h4-7,11-12,17H,8-10H2,1-3H3. The molecule has 1 aliphatic rings. The van der Waals surface area contributed by atoms with Gasteiger partial charge in [0.1, 0.15) is 17.4 Å². The van der Waals surface area contributed by atoms with E-state index in [2.05, 4.69) is 0 Å². The molecule has 0 aromatic heterocycles. The Hall–Kier alpha value is -1.63. The molecule has 0 saturated heterocycles. The lowest BCUT2D eigenvalue weighted by molar-refractivity contribution is -0.254. The number of rotatable bonds is 5. The highest BCUT2D eigenvalue weighted by Gasteiger charge is 2.43. The molecule has 122 valence electrons. The summed E-state index contributed by atoms with van der Waals surface area (Å²) in [5.41, 5.74) is 0.141. The molecule has 0 bridgehead atoms. The van der Waals surface area contributed by atoms with E-state index in [0.717, 1.165) is 0 Å². The Labute approximate surface area is 129 Å². The van der Waals surface area contributed by atoms with Crippen LogP contribution in [0.4, 0.5) is 0 Å². The number of phenolic OH excluding ortho intramolecular Hbond substituents is 1. The summed E-state index contributed by atoms with van der Waals surface area (Å²) in [6.45, 7) is 0. The smallest absolute Gasteiger partial charge is 0.342 e. The SMILES string of the molecule is COC1CC(OC(=O)c2ccccc2O)CC(OC)(OC)C1. The van der Waals surface area contributed by atoms with Gasteiger partial charge in [0.05, 0.1) is 6.10 Å². The van der Waals surface area contributed by atoms with Gasteiger partial charge in [-0.05, 0) is 12.1 Å². The molecule has 2 rings (SSSR count). The summed E-state index contributed by atoms with van der Waals surface area (Å²) < 4.78 is 21.8. The van der Waals surface area contributed by atoms with Crippen LogP contribution in [0.1, 0.15) is 29.6 Å². The molecule has 0 amide bonds. The molecule has 6 nitrogen and oxygen atoms in total. The van der Waals surface area contributed by atoms with Gasteiger partial charge in [-0.3, -0.25) is 0 Å². The molecule has 0 radical (unpaired) electrons. The third-order valence-electron chi connectivity index (χ3n) is 4.08. The van der Waals surface area contributed by atoms with Crippen LogP contribution in [0, 0.1) is 0 Å². The van der Waals surface area contributed by atoms with Crippen molar-refractivity contribution in [1.29, 1.82) is 0 Å². The summed E-state index contributed by atoms with van der Waals surface area (Å²) in [5.74, 6) is -1.50. The first-order chi connectivity index (χ1) is 10.5. The minimum atomic E-state index is -0.831. The van der Waals surface area contributed by atoms with Crippen LogP contribution in [0.2, 0.25) is 0 Å². The normalized spacial score (nSPS) is 24.0. The van der Waals surface area contributed by atoms with Crippen molar-refractivity contribution < 1.29 is 28.8 Å². The molecule has 6 heteroatoms. The molecule has 22 heavy (non-hydrogen) atoms. The molecule has 2 unspecified atom stereocenters. The van der Waals surface area contributed by atoms with Gasteiger partial charge >= 0.3 is 5.97 Å². The molecule has 1 saturated carbocycles. The highest BCUT2D eigenvalue weighted by atomic mass is 16.7. The number of benzene rings is 1. The fourth-order valence-electron chi connectivity index (χ4n) is 2.78. The Morgan fingerprint density at radius 3 is 2.36 bits per heavy atom. The predicted molar refractivity (Wildman–Crippen MR) is 78.7 cm³/mol. The Kier molecular flexibility index (Phi) is 5.39. The van der Waals surface area contributed by atoms with Crippen LogP contribution in [-0.4, -0.2) is 50.4 Å². The lowest BCUT2D eigenvalue weighted by Crippen LogP contribution is -2.48. The second kappa shape index (κ2) is 7.09. The number of hydrogen-bond acceptors (Lipinski definition) is 6. The minimum Gasteiger partial charge on any atom is -0.507 e. The highest BCUT2D eigenvalue weighted by molar-refractivity contribution is 5.92. The summed E-state index contributed by atoms with van der Waals surface area (Å²) in [5, 5.41) is 9.73. The quantitative estimate of drug-likeness (QED) is 0.663. The van der Waals surface area contributed by atoms with Gasteiger partial charge in [0.25, 0.3) is 0 Å². The van der Waals surface area contributed by atoms with Crippen molar-refractivity contribution in [3.05, 3.63) is 29.8 Å². The number of aromatic hydroxyl groups is 1. The lowest BCUT2D eigenvalue weighted by Gasteiger charge is -2.41. The van der Waals surface area contributed by atoms with Crippen molar-refractivity contribution >= 4 is 5.97 Å². The van der Waals surface area contributed by atoms with Crippen LogP contribution in [0.3, 0.4) is 0 Å². The van der Waals surface area contributed by atoms with E-state index < -0.39 is 17.9 Å². The van der Waals surface area contributed by atoms with Gasteiger partial charge < -0.3 is 24.1 Å². The van der Waals surface area contributed by atoms with Gasteiger partial charge in [-0.25, -0.2) is 4.79 Å². The monoisotopic (exact) mass is 310 g/mol. The highest BCUT2D eigenvalue weighted by Crippen LogP contribution is 2.35. The molecule has 0 spiro atoms. The summed E-state index contributed by atoms with van der Waals surface area (Å²) in [6, 6.07) is 6.29. The van der Waals surface area contributed by atoms with Crippen LogP contribution >= 0.6 is 0 Å². The van der Waals surface area contributed by atoms with E-state index in [1.807, 2.05) is 0 Å². The average Bonchev–Trinajstić information content (AvgIpc) is 2.54. The van der Waals surface area contributed by atoms with E-state index in [0.29, 0.717) is 19.3 Å². The zero-order chi connectivity index (χ0) is 16.2. The maximum absolute atomic E-state index is 12.2. The molecular weight excluding hydrogens is 288 g/mol. The lowest BCUT2D eigenvalue weighted by atomic mass is 9.89. The number of phenols is 1. The molecule has 1 aliphatic carbocycles. The molecule has 0 aliphatic heterocycles. The summed E-state index contributed by atoms with van der Waals surface area (Å²) in [4.78, 5) is 12.2.